The molecule has 2 N–H and O–H groups in total. The number of nitrogens with one attached hydrogen (secondary N) is 2. The van der Waals surface area contributed by atoms with Gasteiger partial charge >= 0.3 is 0 Å². The average molecular weight is 496 g/mol. The Morgan fingerprint density at radius 3 is 2.43 bits per heavy atom. The number of halogens is 1. The molecule has 0 heterocycles. The Bertz CT molecular complexity index is 778. The number of carbonyl (C=O) groups excluding carboxylic acids is 1. The summed E-state index contributed by atoms with van der Waals surface area (Å²) >= 11 is 0. The maximum atomic E-state index is 11.1. The molecule has 0 saturated heterocycles. The van der Waals surface area contributed by atoms with Crippen molar-refractivity contribution in [2.75, 3.05) is 33.1 Å². The zero-order chi connectivity index (χ0) is 19.6. The molecule has 2 aromatic rings. The highest BCUT2D eigenvalue weighted by atomic mass is 127. The monoisotopic (exact) mass is 496 g/mol. The van der Waals surface area contributed by atoms with Crippen LogP contribution in [0.15, 0.2) is 53.5 Å². The molecule has 28 heavy (non-hydrogen) atoms. The molecule has 0 aliphatic rings. The van der Waals surface area contributed by atoms with E-state index in [1.54, 1.807) is 14.2 Å². The van der Waals surface area contributed by atoms with Crippen molar-refractivity contribution in [3.8, 4) is 5.75 Å². The standard InChI is InChI=1S/C21H28N4O2.HI/c1-16(26)24-19-11-9-17(10-12-19)13-14-23-21(22-2)25(3)15-18-7-5-6-8-20(18)27-4;/h5-12H,13-15H2,1-4H3,(H,22,23)(H,24,26);1H. The summed E-state index contributed by atoms with van der Waals surface area (Å²) in [7, 11) is 5.47. The molecular weight excluding hydrogens is 467 g/mol. The van der Waals surface area contributed by atoms with Crippen LogP contribution < -0.4 is 15.4 Å². The smallest absolute Gasteiger partial charge is 0.221 e. The molecule has 0 fully saturated rings. The van der Waals surface area contributed by atoms with Crippen LogP contribution >= 0.6 is 24.0 Å². The number of aliphatic imine (C=N–C) groups is 1. The molecular formula is C21H29IN4O2. The first-order valence-electron chi connectivity index (χ1n) is 8.93. The van der Waals surface area contributed by atoms with Gasteiger partial charge in [0.1, 0.15) is 5.75 Å². The summed E-state index contributed by atoms with van der Waals surface area (Å²) in [5.74, 6) is 1.64. The molecule has 0 atom stereocenters. The van der Waals surface area contributed by atoms with Crippen molar-refractivity contribution in [1.29, 1.82) is 0 Å². The number of rotatable bonds is 7. The number of para-hydroxylation sites is 1. The van der Waals surface area contributed by atoms with E-state index in [9.17, 15) is 4.79 Å². The van der Waals surface area contributed by atoms with Gasteiger partial charge in [-0.2, -0.15) is 0 Å². The summed E-state index contributed by atoms with van der Waals surface area (Å²) in [5, 5.41) is 6.16. The van der Waals surface area contributed by atoms with Gasteiger partial charge in [-0.15, -0.1) is 24.0 Å². The Labute approximate surface area is 184 Å². The summed E-state index contributed by atoms with van der Waals surface area (Å²) in [6.45, 7) is 2.97. The van der Waals surface area contributed by atoms with Crippen LogP contribution in [0.25, 0.3) is 0 Å². The minimum absolute atomic E-state index is 0. The van der Waals surface area contributed by atoms with Gasteiger partial charge in [0.2, 0.25) is 5.91 Å². The molecule has 0 saturated carbocycles. The average Bonchev–Trinajstić information content (AvgIpc) is 2.66. The number of nitrogens with zero attached hydrogens (tertiary/aromatic N) is 2. The lowest BCUT2D eigenvalue weighted by Crippen LogP contribution is -2.39. The Balaban J connectivity index is 0.00000392. The van der Waals surface area contributed by atoms with Crippen LogP contribution in [0.3, 0.4) is 0 Å². The van der Waals surface area contributed by atoms with Crippen LogP contribution in [0.2, 0.25) is 0 Å². The SMILES string of the molecule is CN=C(NCCc1ccc(NC(C)=O)cc1)N(C)Cc1ccccc1OC.I. The van der Waals surface area contributed by atoms with E-state index in [4.69, 9.17) is 4.74 Å². The predicted molar refractivity (Wildman–Crippen MR) is 126 cm³/mol. The van der Waals surface area contributed by atoms with Crippen LogP contribution in [0, 0.1) is 0 Å². The van der Waals surface area contributed by atoms with Gasteiger partial charge in [-0.05, 0) is 30.2 Å². The number of carbonyl (C=O) groups is 1. The lowest BCUT2D eigenvalue weighted by Gasteiger charge is -2.23. The van der Waals surface area contributed by atoms with E-state index in [1.165, 1.54) is 12.5 Å². The van der Waals surface area contributed by atoms with Gasteiger partial charge in [-0.25, -0.2) is 0 Å². The van der Waals surface area contributed by atoms with Crippen molar-refractivity contribution in [2.45, 2.75) is 19.9 Å². The van der Waals surface area contributed by atoms with Crippen molar-refractivity contribution in [2.24, 2.45) is 4.99 Å². The molecule has 1 amide bonds. The highest BCUT2D eigenvalue weighted by Gasteiger charge is 2.09. The van der Waals surface area contributed by atoms with E-state index in [1.807, 2.05) is 49.5 Å². The van der Waals surface area contributed by atoms with Crippen molar-refractivity contribution in [1.82, 2.24) is 10.2 Å². The molecule has 7 heteroatoms. The van der Waals surface area contributed by atoms with Crippen LogP contribution in [-0.4, -0.2) is 44.5 Å². The van der Waals surface area contributed by atoms with Crippen LogP contribution in [0.1, 0.15) is 18.1 Å². The van der Waals surface area contributed by atoms with Gasteiger partial charge in [0.15, 0.2) is 5.96 Å². The number of benzene rings is 2. The lowest BCUT2D eigenvalue weighted by atomic mass is 10.1. The number of methoxy groups -OCH3 is 1. The maximum Gasteiger partial charge on any atom is 0.221 e. The van der Waals surface area contributed by atoms with Gasteiger partial charge in [-0.3, -0.25) is 9.79 Å². The van der Waals surface area contributed by atoms with E-state index in [2.05, 4.69) is 26.6 Å². The zero-order valence-corrected chi connectivity index (χ0v) is 19.2. The lowest BCUT2D eigenvalue weighted by molar-refractivity contribution is -0.114. The molecule has 0 radical (unpaired) electrons. The fraction of sp³-hybridized carbons (Fsp3) is 0.333. The third-order valence-electron chi connectivity index (χ3n) is 4.14. The molecule has 2 aromatic carbocycles. The molecule has 0 bridgehead atoms. The molecule has 0 aliphatic carbocycles. The first kappa shape index (κ1) is 23.7. The van der Waals surface area contributed by atoms with Gasteiger partial charge in [0, 0.05) is 45.4 Å². The quantitative estimate of drug-likeness (QED) is 0.350. The van der Waals surface area contributed by atoms with Gasteiger partial charge < -0.3 is 20.3 Å². The first-order valence-corrected chi connectivity index (χ1v) is 8.93. The molecule has 152 valence electrons. The number of hydrogen-bond donors (Lipinski definition) is 2. The molecule has 6 nitrogen and oxygen atoms in total. The Morgan fingerprint density at radius 1 is 1.14 bits per heavy atom. The van der Waals surface area contributed by atoms with E-state index >= 15 is 0 Å². The fourth-order valence-corrected chi connectivity index (χ4v) is 2.83. The molecule has 0 spiro atoms. The van der Waals surface area contributed by atoms with E-state index in [0.717, 1.165) is 35.9 Å². The summed E-state index contributed by atoms with van der Waals surface area (Å²) in [6.07, 6.45) is 0.863. The topological polar surface area (TPSA) is 66.0 Å². The Hall–Kier alpha value is -2.29. The number of amides is 1. The van der Waals surface area contributed by atoms with Crippen LogP contribution in [-0.2, 0) is 17.8 Å². The summed E-state index contributed by atoms with van der Waals surface area (Å²) in [5.41, 5.74) is 3.12. The van der Waals surface area contributed by atoms with Gasteiger partial charge in [0.05, 0.1) is 7.11 Å². The Kier molecular flexibility index (Phi) is 10.4. The first-order chi connectivity index (χ1) is 13.0. The predicted octanol–water partition coefficient (Wildman–Crippen LogP) is 3.52. The van der Waals surface area contributed by atoms with Gasteiger partial charge in [0.25, 0.3) is 0 Å². The minimum atomic E-state index is -0.0636. The van der Waals surface area contributed by atoms with Gasteiger partial charge in [-0.1, -0.05) is 30.3 Å². The van der Waals surface area contributed by atoms with Crippen molar-refractivity contribution in [3.05, 3.63) is 59.7 Å². The number of ether oxygens (including phenoxy) is 1. The zero-order valence-electron chi connectivity index (χ0n) is 16.9. The number of hydrogen-bond acceptors (Lipinski definition) is 3. The molecule has 2 rings (SSSR count). The van der Waals surface area contributed by atoms with Crippen LogP contribution in [0.5, 0.6) is 5.75 Å². The second-order valence-electron chi connectivity index (χ2n) is 6.27. The van der Waals surface area contributed by atoms with Crippen molar-refractivity contribution >= 4 is 41.5 Å². The second kappa shape index (κ2) is 12.2. The third-order valence-corrected chi connectivity index (χ3v) is 4.14. The van der Waals surface area contributed by atoms with Crippen molar-refractivity contribution in [3.63, 3.8) is 0 Å². The fourth-order valence-electron chi connectivity index (χ4n) is 2.83. The van der Waals surface area contributed by atoms with Crippen molar-refractivity contribution < 1.29 is 9.53 Å². The summed E-state index contributed by atoms with van der Waals surface area (Å²) in [6, 6.07) is 15.9. The number of anilines is 1. The molecule has 0 unspecified atom stereocenters. The third kappa shape index (κ3) is 7.38. The van der Waals surface area contributed by atoms with E-state index in [-0.39, 0.29) is 29.9 Å². The normalized spacial score (nSPS) is 10.6. The second-order valence-corrected chi connectivity index (χ2v) is 6.27. The Morgan fingerprint density at radius 2 is 1.82 bits per heavy atom. The highest BCUT2D eigenvalue weighted by Crippen LogP contribution is 2.18. The van der Waals surface area contributed by atoms with Crippen LogP contribution in [0.4, 0.5) is 5.69 Å². The molecule has 0 aliphatic heterocycles. The van der Waals surface area contributed by atoms with E-state index in [0.29, 0.717) is 6.54 Å². The minimum Gasteiger partial charge on any atom is -0.496 e. The largest absolute Gasteiger partial charge is 0.496 e. The number of guanidine groups is 1. The maximum absolute atomic E-state index is 11.1. The highest BCUT2D eigenvalue weighted by molar-refractivity contribution is 14.0. The summed E-state index contributed by atoms with van der Waals surface area (Å²) < 4.78 is 5.42. The molecule has 0 aromatic heterocycles. The van der Waals surface area contributed by atoms with E-state index < -0.39 is 0 Å². The summed E-state index contributed by atoms with van der Waals surface area (Å²) in [4.78, 5) is 17.5.